The molecule has 0 aliphatic carbocycles. The molecule has 7 heteroatoms. The first-order valence-electron chi connectivity index (χ1n) is 5.81. The molecule has 104 valence electrons. The van der Waals surface area contributed by atoms with E-state index >= 15 is 0 Å². The average Bonchev–Trinajstić information content (AvgIpc) is 2.73. The van der Waals surface area contributed by atoms with Crippen molar-refractivity contribution in [3.63, 3.8) is 0 Å². The Morgan fingerprint density at radius 3 is 2.53 bits per heavy atom. The summed E-state index contributed by atoms with van der Waals surface area (Å²) in [4.78, 5) is 13.6. The Bertz CT molecular complexity index is 525. The van der Waals surface area contributed by atoms with E-state index in [-0.39, 0.29) is 19.1 Å². The molecule has 1 aliphatic rings. The highest BCUT2D eigenvalue weighted by molar-refractivity contribution is 7.54. The summed E-state index contributed by atoms with van der Waals surface area (Å²) in [5, 5.41) is 9.09. The molecule has 1 amide bonds. The smallest absolute Gasteiger partial charge is 0.357 e. The van der Waals surface area contributed by atoms with E-state index in [4.69, 9.17) is 14.2 Å². The molecule has 2 rings (SSSR count). The average molecular weight is 285 g/mol. The van der Waals surface area contributed by atoms with Crippen LogP contribution in [-0.4, -0.2) is 43.3 Å². The van der Waals surface area contributed by atoms with Crippen LogP contribution in [0.25, 0.3) is 0 Å². The Labute approximate surface area is 111 Å². The second kappa shape index (κ2) is 5.43. The molecule has 19 heavy (non-hydrogen) atoms. The van der Waals surface area contributed by atoms with Crippen molar-refractivity contribution in [1.82, 2.24) is 4.90 Å². The zero-order chi connectivity index (χ0) is 14.0. The van der Waals surface area contributed by atoms with Crippen LogP contribution in [-0.2, 0) is 13.6 Å². The number of aliphatic hydroxyl groups is 1. The molecule has 6 nitrogen and oxygen atoms in total. The number of β-amino-alcohol motifs (C(OH)–C–C–N with tert-alkyl or cyclic N) is 1. The molecule has 1 atom stereocenters. The molecule has 0 fully saturated rings. The summed E-state index contributed by atoms with van der Waals surface area (Å²) in [5.41, 5.74) is 1.07. The highest BCUT2D eigenvalue weighted by Gasteiger charge is 2.48. The number of fused-ring (bicyclic) bond motifs is 1. The van der Waals surface area contributed by atoms with E-state index in [2.05, 4.69) is 0 Å². The topological polar surface area (TPSA) is 76.1 Å². The van der Waals surface area contributed by atoms with Gasteiger partial charge in [0, 0.05) is 26.3 Å². The zero-order valence-corrected chi connectivity index (χ0v) is 11.7. The van der Waals surface area contributed by atoms with E-state index in [1.807, 2.05) is 0 Å². The van der Waals surface area contributed by atoms with Gasteiger partial charge in [0.1, 0.15) is 0 Å². The monoisotopic (exact) mass is 285 g/mol. The first-order valence-corrected chi connectivity index (χ1v) is 7.42. The van der Waals surface area contributed by atoms with Gasteiger partial charge in [-0.15, -0.1) is 0 Å². The molecule has 1 aromatic carbocycles. The lowest BCUT2D eigenvalue weighted by Gasteiger charge is -2.29. The maximum Gasteiger partial charge on any atom is 0.357 e. The van der Waals surface area contributed by atoms with Crippen LogP contribution in [0.3, 0.4) is 0 Å². The van der Waals surface area contributed by atoms with E-state index in [1.54, 1.807) is 24.3 Å². The van der Waals surface area contributed by atoms with Gasteiger partial charge in [-0.2, -0.15) is 0 Å². The largest absolute Gasteiger partial charge is 0.395 e. The number of amides is 1. The van der Waals surface area contributed by atoms with Crippen molar-refractivity contribution in [3.05, 3.63) is 35.4 Å². The summed E-state index contributed by atoms with van der Waals surface area (Å²) < 4.78 is 22.6. The molecule has 0 bridgehead atoms. The van der Waals surface area contributed by atoms with Crippen molar-refractivity contribution in [2.24, 2.45) is 0 Å². The van der Waals surface area contributed by atoms with Crippen LogP contribution < -0.4 is 0 Å². The van der Waals surface area contributed by atoms with E-state index in [0.717, 1.165) is 0 Å². The van der Waals surface area contributed by atoms with E-state index < -0.39 is 13.4 Å². The first-order chi connectivity index (χ1) is 9.09. The van der Waals surface area contributed by atoms with Crippen LogP contribution in [0.15, 0.2) is 24.3 Å². The minimum absolute atomic E-state index is 0.0783. The highest BCUT2D eigenvalue weighted by Crippen LogP contribution is 2.63. The first kappa shape index (κ1) is 14.2. The van der Waals surface area contributed by atoms with Crippen LogP contribution in [0.1, 0.15) is 21.7 Å². The molecule has 1 N–H and O–H groups in total. The molecule has 0 radical (unpaired) electrons. The SMILES string of the molecule is COP(=O)(OC)C1c2ccccc2C(=O)N1CCO. The van der Waals surface area contributed by atoms with Crippen molar-refractivity contribution in [2.45, 2.75) is 5.78 Å². The molecule has 1 aromatic rings. The molecule has 0 saturated carbocycles. The standard InChI is InChI=1S/C12H16NO5P/c1-17-19(16,18-2)12-10-6-4-3-5-9(10)11(15)13(12)7-8-14/h3-6,12,14H,7-8H2,1-2H3. The summed E-state index contributed by atoms with van der Waals surface area (Å²) >= 11 is 0. The summed E-state index contributed by atoms with van der Waals surface area (Å²) in [5.74, 6) is -1.08. The summed E-state index contributed by atoms with van der Waals surface area (Å²) in [7, 11) is -0.921. The predicted octanol–water partition coefficient (Wildman–Crippen LogP) is 1.62. The number of aliphatic hydroxyl groups excluding tert-OH is 1. The summed E-state index contributed by atoms with van der Waals surface area (Å²) in [6.45, 7) is -0.140. The van der Waals surface area contributed by atoms with Crippen molar-refractivity contribution in [1.29, 1.82) is 0 Å². The lowest BCUT2D eigenvalue weighted by atomic mass is 10.1. The lowest BCUT2D eigenvalue weighted by Crippen LogP contribution is -2.31. The second-order valence-electron chi connectivity index (χ2n) is 4.09. The molecule has 0 saturated heterocycles. The molecule has 0 spiro atoms. The Kier molecular flexibility index (Phi) is 4.06. The minimum Gasteiger partial charge on any atom is -0.395 e. The van der Waals surface area contributed by atoms with E-state index in [9.17, 15) is 9.36 Å². The third kappa shape index (κ3) is 2.21. The minimum atomic E-state index is -3.49. The second-order valence-corrected chi connectivity index (χ2v) is 6.39. The molecule has 1 heterocycles. The predicted molar refractivity (Wildman–Crippen MR) is 68.9 cm³/mol. The van der Waals surface area contributed by atoms with E-state index in [0.29, 0.717) is 11.1 Å². The summed E-state index contributed by atoms with van der Waals surface area (Å²) in [6, 6.07) is 6.88. The Morgan fingerprint density at radius 2 is 1.95 bits per heavy atom. The van der Waals surface area contributed by atoms with Crippen LogP contribution in [0.4, 0.5) is 0 Å². The van der Waals surface area contributed by atoms with Crippen LogP contribution in [0, 0.1) is 0 Å². The fourth-order valence-electron chi connectivity index (χ4n) is 2.30. The van der Waals surface area contributed by atoms with Crippen LogP contribution in [0.5, 0.6) is 0 Å². The van der Waals surface area contributed by atoms with Crippen LogP contribution in [0.2, 0.25) is 0 Å². The van der Waals surface area contributed by atoms with Gasteiger partial charge in [0.05, 0.1) is 6.61 Å². The molecular formula is C12H16NO5P. The number of carbonyl (C=O) groups excluding carboxylic acids is 1. The third-order valence-corrected chi connectivity index (χ3v) is 5.35. The van der Waals surface area contributed by atoms with E-state index in [1.165, 1.54) is 19.1 Å². The van der Waals surface area contributed by atoms with Crippen molar-refractivity contribution < 1.29 is 23.5 Å². The fraction of sp³-hybridized carbons (Fsp3) is 0.417. The van der Waals surface area contributed by atoms with Gasteiger partial charge in [0.2, 0.25) is 0 Å². The molecule has 1 unspecified atom stereocenters. The van der Waals surface area contributed by atoms with Gasteiger partial charge in [0.25, 0.3) is 5.91 Å². The highest BCUT2D eigenvalue weighted by atomic mass is 31.2. The third-order valence-electron chi connectivity index (χ3n) is 3.17. The summed E-state index contributed by atoms with van der Waals surface area (Å²) in [6.07, 6.45) is 0. The number of hydrogen-bond donors (Lipinski definition) is 1. The van der Waals surface area contributed by atoms with Gasteiger partial charge in [-0.3, -0.25) is 9.36 Å². The van der Waals surface area contributed by atoms with Gasteiger partial charge in [-0.05, 0) is 11.6 Å². The number of benzene rings is 1. The quantitative estimate of drug-likeness (QED) is 0.832. The van der Waals surface area contributed by atoms with Crippen molar-refractivity contribution in [2.75, 3.05) is 27.4 Å². The molecule has 1 aliphatic heterocycles. The molecule has 0 aromatic heterocycles. The van der Waals surface area contributed by atoms with Gasteiger partial charge >= 0.3 is 7.60 Å². The number of nitrogens with zero attached hydrogens (tertiary/aromatic N) is 1. The maximum atomic E-state index is 12.6. The Hall–Kier alpha value is -1.20. The maximum absolute atomic E-state index is 12.6. The van der Waals surface area contributed by atoms with Crippen molar-refractivity contribution in [3.8, 4) is 0 Å². The Morgan fingerprint density at radius 1 is 1.32 bits per heavy atom. The fourth-order valence-corrected chi connectivity index (χ4v) is 3.97. The van der Waals surface area contributed by atoms with Gasteiger partial charge in [0.15, 0.2) is 5.78 Å². The van der Waals surface area contributed by atoms with Crippen LogP contribution >= 0.6 is 7.60 Å². The lowest BCUT2D eigenvalue weighted by molar-refractivity contribution is 0.0709. The molecular weight excluding hydrogens is 269 g/mol. The number of carbonyl (C=O) groups is 1. The zero-order valence-electron chi connectivity index (χ0n) is 10.8. The van der Waals surface area contributed by atoms with Gasteiger partial charge < -0.3 is 19.1 Å². The number of hydrogen-bond acceptors (Lipinski definition) is 5. The normalized spacial score (nSPS) is 18.8. The van der Waals surface area contributed by atoms with Gasteiger partial charge in [-0.1, -0.05) is 18.2 Å². The van der Waals surface area contributed by atoms with Gasteiger partial charge in [-0.25, -0.2) is 0 Å². The van der Waals surface area contributed by atoms with Crippen molar-refractivity contribution >= 4 is 13.5 Å². The Balaban J connectivity index is 2.55. The number of rotatable bonds is 5.